The number of esters is 1. The van der Waals surface area contributed by atoms with Crippen LogP contribution in [0.4, 0.5) is 0 Å². The van der Waals surface area contributed by atoms with Gasteiger partial charge in [0.25, 0.3) is 0 Å². The van der Waals surface area contributed by atoms with Crippen LogP contribution in [-0.4, -0.2) is 40.3 Å². The van der Waals surface area contributed by atoms with Crippen LogP contribution < -0.4 is 0 Å². The third-order valence-corrected chi connectivity index (χ3v) is 3.60. The summed E-state index contributed by atoms with van der Waals surface area (Å²) < 4.78 is 12.0. The SMILES string of the molecule is COC(=O)c1ccc2nc(CCl)n(CC3CCO3)c2n1. The average Bonchev–Trinajstić information content (AvgIpc) is 2.78. The van der Waals surface area contributed by atoms with Gasteiger partial charge in [-0.05, 0) is 18.6 Å². The molecule has 0 bridgehead atoms. The maximum Gasteiger partial charge on any atom is 0.356 e. The fourth-order valence-corrected chi connectivity index (χ4v) is 2.40. The van der Waals surface area contributed by atoms with Crippen molar-refractivity contribution in [3.05, 3.63) is 23.7 Å². The lowest BCUT2D eigenvalue weighted by molar-refractivity contribution is -0.0590. The Kier molecular flexibility index (Phi) is 3.58. The lowest BCUT2D eigenvalue weighted by atomic mass is 10.2. The number of fused-ring (bicyclic) bond motifs is 1. The lowest BCUT2D eigenvalue weighted by Gasteiger charge is -2.27. The molecule has 6 nitrogen and oxygen atoms in total. The number of alkyl halides is 1. The zero-order valence-electron chi connectivity index (χ0n) is 11.0. The molecule has 1 atom stereocenters. The van der Waals surface area contributed by atoms with Gasteiger partial charge in [-0.1, -0.05) is 0 Å². The summed E-state index contributed by atoms with van der Waals surface area (Å²) in [4.78, 5) is 20.3. The van der Waals surface area contributed by atoms with E-state index in [0.29, 0.717) is 17.7 Å². The normalized spacial score (nSPS) is 18.0. The van der Waals surface area contributed by atoms with Gasteiger partial charge >= 0.3 is 5.97 Å². The fraction of sp³-hybridized carbons (Fsp3) is 0.462. The van der Waals surface area contributed by atoms with Crippen molar-refractivity contribution in [1.29, 1.82) is 0 Å². The third kappa shape index (κ3) is 2.25. The van der Waals surface area contributed by atoms with Gasteiger partial charge in [-0.3, -0.25) is 0 Å². The number of carbonyl (C=O) groups excluding carboxylic acids is 1. The first kappa shape index (κ1) is 13.3. The van der Waals surface area contributed by atoms with Crippen LogP contribution in [0, 0.1) is 0 Å². The highest BCUT2D eigenvalue weighted by Gasteiger charge is 2.22. The molecule has 0 spiro atoms. The predicted octanol–water partition coefficient (Wildman–Crippen LogP) is 1.75. The van der Waals surface area contributed by atoms with Gasteiger partial charge in [0, 0.05) is 6.61 Å². The summed E-state index contributed by atoms with van der Waals surface area (Å²) in [5.74, 6) is 0.551. The first-order chi connectivity index (χ1) is 9.72. The molecule has 0 saturated carbocycles. The summed E-state index contributed by atoms with van der Waals surface area (Å²) in [5, 5.41) is 0. The van der Waals surface area contributed by atoms with Crippen LogP contribution in [0.3, 0.4) is 0 Å². The van der Waals surface area contributed by atoms with Gasteiger partial charge in [0.15, 0.2) is 11.3 Å². The average molecular weight is 296 g/mol. The van der Waals surface area contributed by atoms with Crippen molar-refractivity contribution < 1.29 is 14.3 Å². The van der Waals surface area contributed by atoms with Gasteiger partial charge in [0.2, 0.25) is 0 Å². The van der Waals surface area contributed by atoms with E-state index in [0.717, 1.165) is 18.9 Å². The van der Waals surface area contributed by atoms with E-state index in [-0.39, 0.29) is 17.7 Å². The molecule has 1 aliphatic rings. The number of carbonyl (C=O) groups is 1. The zero-order valence-corrected chi connectivity index (χ0v) is 11.8. The minimum atomic E-state index is -0.466. The molecule has 1 fully saturated rings. The number of hydrogen-bond donors (Lipinski definition) is 0. The molecule has 1 saturated heterocycles. The van der Waals surface area contributed by atoms with Gasteiger partial charge in [0.05, 0.1) is 25.6 Å². The largest absolute Gasteiger partial charge is 0.464 e. The Hall–Kier alpha value is -1.66. The fourth-order valence-electron chi connectivity index (χ4n) is 2.19. The second kappa shape index (κ2) is 5.38. The van der Waals surface area contributed by atoms with Crippen molar-refractivity contribution in [1.82, 2.24) is 14.5 Å². The number of pyridine rings is 1. The third-order valence-electron chi connectivity index (χ3n) is 3.36. The molecular formula is C13H14ClN3O3. The van der Waals surface area contributed by atoms with E-state index in [1.807, 2.05) is 4.57 Å². The minimum Gasteiger partial charge on any atom is -0.464 e. The second-order valence-electron chi connectivity index (χ2n) is 4.58. The van der Waals surface area contributed by atoms with E-state index in [1.165, 1.54) is 7.11 Å². The van der Waals surface area contributed by atoms with Crippen LogP contribution in [0.1, 0.15) is 22.7 Å². The smallest absolute Gasteiger partial charge is 0.356 e. The molecule has 106 valence electrons. The lowest BCUT2D eigenvalue weighted by Crippen LogP contribution is -2.31. The number of aromatic nitrogens is 3. The van der Waals surface area contributed by atoms with Crippen molar-refractivity contribution >= 4 is 28.7 Å². The molecule has 3 rings (SSSR count). The van der Waals surface area contributed by atoms with E-state index >= 15 is 0 Å². The van der Waals surface area contributed by atoms with Gasteiger partial charge in [-0.25, -0.2) is 14.8 Å². The summed E-state index contributed by atoms with van der Waals surface area (Å²) in [7, 11) is 1.33. The van der Waals surface area contributed by atoms with E-state index in [4.69, 9.17) is 16.3 Å². The molecule has 1 aliphatic heterocycles. The quantitative estimate of drug-likeness (QED) is 0.635. The Morgan fingerprint density at radius 3 is 2.95 bits per heavy atom. The van der Waals surface area contributed by atoms with E-state index in [2.05, 4.69) is 14.7 Å². The number of halogens is 1. The van der Waals surface area contributed by atoms with Crippen LogP contribution in [0.2, 0.25) is 0 Å². The monoisotopic (exact) mass is 295 g/mol. The molecule has 1 unspecified atom stereocenters. The van der Waals surface area contributed by atoms with Gasteiger partial charge in [0.1, 0.15) is 11.3 Å². The topological polar surface area (TPSA) is 66.2 Å². The van der Waals surface area contributed by atoms with E-state index in [1.54, 1.807) is 12.1 Å². The molecule has 2 aromatic rings. The van der Waals surface area contributed by atoms with Gasteiger partial charge in [-0.2, -0.15) is 0 Å². The number of ether oxygens (including phenoxy) is 2. The van der Waals surface area contributed by atoms with Crippen molar-refractivity contribution in [2.24, 2.45) is 0 Å². The summed E-state index contributed by atoms with van der Waals surface area (Å²) in [6, 6.07) is 3.35. The van der Waals surface area contributed by atoms with Crippen molar-refractivity contribution in [3.8, 4) is 0 Å². The van der Waals surface area contributed by atoms with Crippen molar-refractivity contribution in [2.45, 2.75) is 24.9 Å². The molecule has 20 heavy (non-hydrogen) atoms. The molecule has 0 radical (unpaired) electrons. The molecule has 0 aromatic carbocycles. The predicted molar refractivity (Wildman–Crippen MR) is 72.8 cm³/mol. The molecule has 0 N–H and O–H groups in total. The van der Waals surface area contributed by atoms with E-state index in [9.17, 15) is 4.79 Å². The summed E-state index contributed by atoms with van der Waals surface area (Å²) in [6.45, 7) is 1.44. The highest BCUT2D eigenvalue weighted by atomic mass is 35.5. The van der Waals surface area contributed by atoms with Crippen LogP contribution in [-0.2, 0) is 21.9 Å². The number of rotatable bonds is 4. The Morgan fingerprint density at radius 2 is 2.35 bits per heavy atom. The highest BCUT2D eigenvalue weighted by molar-refractivity contribution is 6.16. The Bertz CT molecular complexity index is 652. The maximum absolute atomic E-state index is 11.6. The molecule has 0 aliphatic carbocycles. The van der Waals surface area contributed by atoms with Crippen LogP contribution >= 0.6 is 11.6 Å². The summed E-state index contributed by atoms with van der Waals surface area (Å²) in [6.07, 6.45) is 1.18. The van der Waals surface area contributed by atoms with Gasteiger partial charge in [-0.15, -0.1) is 11.6 Å². The molecule has 3 heterocycles. The zero-order chi connectivity index (χ0) is 14.1. The molecule has 0 amide bonds. The number of methoxy groups -OCH3 is 1. The molecular weight excluding hydrogens is 282 g/mol. The Labute approximate surface area is 120 Å². The number of nitrogens with zero attached hydrogens (tertiary/aromatic N) is 3. The Morgan fingerprint density at radius 1 is 1.55 bits per heavy atom. The summed E-state index contributed by atoms with van der Waals surface area (Å²) in [5.41, 5.74) is 1.61. The summed E-state index contributed by atoms with van der Waals surface area (Å²) >= 11 is 5.93. The molecule has 7 heteroatoms. The maximum atomic E-state index is 11.6. The second-order valence-corrected chi connectivity index (χ2v) is 4.85. The van der Waals surface area contributed by atoms with Crippen LogP contribution in [0.25, 0.3) is 11.2 Å². The standard InChI is InChI=1S/C13H14ClN3O3/c1-19-13(18)10-3-2-9-12(16-10)17(11(6-14)15-9)7-8-4-5-20-8/h2-3,8H,4-7H2,1H3. The van der Waals surface area contributed by atoms with Gasteiger partial charge < -0.3 is 14.0 Å². The van der Waals surface area contributed by atoms with E-state index < -0.39 is 5.97 Å². The van der Waals surface area contributed by atoms with Crippen molar-refractivity contribution in [2.75, 3.05) is 13.7 Å². The first-order valence-electron chi connectivity index (χ1n) is 6.35. The van der Waals surface area contributed by atoms with Crippen molar-refractivity contribution in [3.63, 3.8) is 0 Å². The highest BCUT2D eigenvalue weighted by Crippen LogP contribution is 2.21. The minimum absolute atomic E-state index is 0.165. The number of imidazole rings is 1. The molecule has 2 aromatic heterocycles. The Balaban J connectivity index is 2.05. The first-order valence-corrected chi connectivity index (χ1v) is 6.88. The van der Waals surface area contributed by atoms with Crippen LogP contribution in [0.5, 0.6) is 0 Å². The van der Waals surface area contributed by atoms with Crippen LogP contribution in [0.15, 0.2) is 12.1 Å². The number of hydrogen-bond acceptors (Lipinski definition) is 5.